The smallest absolute Gasteiger partial charge is 0.264 e. The van der Waals surface area contributed by atoms with E-state index in [1.54, 1.807) is 55.5 Å². The fourth-order valence-electron chi connectivity index (χ4n) is 5.51. The largest absolute Gasteiger partial charge is 0.352 e. The number of sulfonamides is 1. The number of rotatable bonds is 11. The fraction of sp³-hybridized carbons (Fsp3) is 0.394. The monoisotopic (exact) mass is 643 g/mol. The van der Waals surface area contributed by atoms with Gasteiger partial charge in [0.15, 0.2) is 0 Å². The van der Waals surface area contributed by atoms with Crippen molar-refractivity contribution >= 4 is 50.7 Å². The zero-order valence-electron chi connectivity index (χ0n) is 24.9. The van der Waals surface area contributed by atoms with Crippen LogP contribution in [0.4, 0.5) is 5.69 Å². The van der Waals surface area contributed by atoms with Gasteiger partial charge in [0, 0.05) is 28.2 Å². The molecule has 0 spiro atoms. The molecule has 1 atom stereocenters. The zero-order chi connectivity index (χ0) is 31.1. The maximum atomic E-state index is 14.3. The van der Waals surface area contributed by atoms with Crippen molar-refractivity contribution in [1.82, 2.24) is 10.2 Å². The number of hydrogen-bond donors (Lipinski definition) is 1. The Morgan fingerprint density at radius 1 is 0.907 bits per heavy atom. The number of nitrogens with zero attached hydrogens (tertiary/aromatic N) is 2. The fourth-order valence-corrected chi connectivity index (χ4v) is 7.51. The summed E-state index contributed by atoms with van der Waals surface area (Å²) in [6.07, 6.45) is 5.33. The predicted octanol–water partition coefficient (Wildman–Crippen LogP) is 7.06. The molecule has 1 N–H and O–H groups in total. The summed E-state index contributed by atoms with van der Waals surface area (Å²) in [4.78, 5) is 29.5. The molecule has 230 valence electrons. The highest BCUT2D eigenvalue weighted by atomic mass is 35.5. The number of anilines is 1. The van der Waals surface area contributed by atoms with Crippen LogP contribution < -0.4 is 9.62 Å². The number of carbonyl (C=O) groups excluding carboxylic acids is 2. The second-order valence-corrected chi connectivity index (χ2v) is 13.8. The summed E-state index contributed by atoms with van der Waals surface area (Å²) in [6.45, 7) is 4.93. The van der Waals surface area contributed by atoms with E-state index in [1.807, 2.05) is 19.9 Å². The van der Waals surface area contributed by atoms with E-state index in [4.69, 9.17) is 23.2 Å². The molecule has 0 radical (unpaired) electrons. The number of amides is 2. The lowest BCUT2D eigenvalue weighted by Crippen LogP contribution is -2.54. The van der Waals surface area contributed by atoms with Crippen LogP contribution >= 0.6 is 23.2 Å². The molecule has 0 aromatic heterocycles. The van der Waals surface area contributed by atoms with Crippen LogP contribution in [-0.2, 0) is 26.2 Å². The minimum atomic E-state index is -4.15. The lowest BCUT2D eigenvalue weighted by Gasteiger charge is -2.35. The van der Waals surface area contributed by atoms with Crippen LogP contribution in [0.25, 0.3) is 0 Å². The molecule has 0 saturated heterocycles. The number of carbonyl (C=O) groups is 2. The van der Waals surface area contributed by atoms with Gasteiger partial charge in [0.2, 0.25) is 11.8 Å². The first kappa shape index (κ1) is 32.8. The number of nitrogens with one attached hydrogen (secondary N) is 1. The molecule has 43 heavy (non-hydrogen) atoms. The van der Waals surface area contributed by atoms with Crippen molar-refractivity contribution in [3.05, 3.63) is 93.5 Å². The molecule has 4 rings (SSSR count). The van der Waals surface area contributed by atoms with Gasteiger partial charge in [-0.25, -0.2) is 8.42 Å². The molecule has 1 aliphatic carbocycles. The van der Waals surface area contributed by atoms with Crippen LogP contribution in [0.15, 0.2) is 71.6 Å². The van der Waals surface area contributed by atoms with Gasteiger partial charge in [0.05, 0.1) is 10.6 Å². The van der Waals surface area contributed by atoms with Crippen molar-refractivity contribution in [3.8, 4) is 0 Å². The Hall–Kier alpha value is -3.07. The average Bonchev–Trinajstić information content (AvgIpc) is 2.98. The lowest BCUT2D eigenvalue weighted by atomic mass is 9.95. The van der Waals surface area contributed by atoms with Crippen LogP contribution in [0.1, 0.15) is 62.1 Å². The summed E-state index contributed by atoms with van der Waals surface area (Å²) in [7, 11) is -4.15. The third kappa shape index (κ3) is 7.91. The number of hydrogen-bond acceptors (Lipinski definition) is 4. The molecule has 1 aliphatic rings. The summed E-state index contributed by atoms with van der Waals surface area (Å²) >= 11 is 13.0. The number of aryl methyl sites for hydroxylation is 2. The quantitative estimate of drug-likeness (QED) is 0.242. The lowest BCUT2D eigenvalue weighted by molar-refractivity contribution is -0.140. The molecule has 0 unspecified atom stereocenters. The normalized spacial score (nSPS) is 14.6. The molecular weight excluding hydrogens is 605 g/mol. The highest BCUT2D eigenvalue weighted by molar-refractivity contribution is 7.92. The Morgan fingerprint density at radius 3 is 2.14 bits per heavy atom. The second kappa shape index (κ2) is 14.6. The van der Waals surface area contributed by atoms with Gasteiger partial charge < -0.3 is 10.2 Å². The van der Waals surface area contributed by atoms with E-state index in [-0.39, 0.29) is 23.4 Å². The van der Waals surface area contributed by atoms with Crippen LogP contribution in [0.2, 0.25) is 10.0 Å². The van der Waals surface area contributed by atoms with Gasteiger partial charge in [0.1, 0.15) is 12.6 Å². The minimum Gasteiger partial charge on any atom is -0.352 e. The van der Waals surface area contributed by atoms with E-state index in [0.29, 0.717) is 33.3 Å². The maximum Gasteiger partial charge on any atom is 0.264 e. The molecule has 0 heterocycles. The standard InChI is InChI=1S/C33H39Cl2N3O4S/c1-4-30(33(40)36-25-12-6-5-7-13-25)37(21-27-28(34)14-10-15-29(27)35)32(39)22-38(31-16-9-8-11-24(31)3)43(41,42)26-19-17-23(2)18-20-26/h8-11,14-20,25,30H,4-7,12-13,21-22H2,1-3H3,(H,36,40)/t30-/m0/s1. The first-order chi connectivity index (χ1) is 20.5. The van der Waals surface area contributed by atoms with Crippen molar-refractivity contribution in [3.63, 3.8) is 0 Å². The Balaban J connectivity index is 1.75. The van der Waals surface area contributed by atoms with Crippen LogP contribution in [0.5, 0.6) is 0 Å². The van der Waals surface area contributed by atoms with Gasteiger partial charge >= 0.3 is 0 Å². The molecule has 3 aromatic carbocycles. The van der Waals surface area contributed by atoms with E-state index >= 15 is 0 Å². The summed E-state index contributed by atoms with van der Waals surface area (Å²) < 4.78 is 29.3. The third-order valence-corrected chi connectivity index (χ3v) is 10.5. The Morgan fingerprint density at radius 2 is 1.53 bits per heavy atom. The van der Waals surface area contributed by atoms with Crippen LogP contribution in [-0.4, -0.2) is 43.8 Å². The van der Waals surface area contributed by atoms with E-state index < -0.39 is 28.5 Å². The second-order valence-electron chi connectivity index (χ2n) is 11.1. The Labute approximate surface area is 265 Å². The number of para-hydroxylation sites is 1. The highest BCUT2D eigenvalue weighted by Gasteiger charge is 2.35. The van der Waals surface area contributed by atoms with Crippen molar-refractivity contribution < 1.29 is 18.0 Å². The highest BCUT2D eigenvalue weighted by Crippen LogP contribution is 2.30. The predicted molar refractivity (Wildman–Crippen MR) is 173 cm³/mol. The maximum absolute atomic E-state index is 14.3. The van der Waals surface area contributed by atoms with Crippen molar-refractivity contribution in [2.24, 2.45) is 0 Å². The Bertz CT molecular complexity index is 1520. The summed E-state index contributed by atoms with van der Waals surface area (Å²) in [5.41, 5.74) is 2.47. The zero-order valence-corrected chi connectivity index (χ0v) is 27.2. The summed E-state index contributed by atoms with van der Waals surface area (Å²) in [5.74, 6) is -0.810. The first-order valence-corrected chi connectivity index (χ1v) is 16.9. The topological polar surface area (TPSA) is 86.8 Å². The van der Waals surface area contributed by atoms with E-state index in [9.17, 15) is 18.0 Å². The number of halogens is 2. The van der Waals surface area contributed by atoms with Gasteiger partial charge in [-0.15, -0.1) is 0 Å². The van der Waals surface area contributed by atoms with Crippen molar-refractivity contribution in [2.45, 2.75) is 82.8 Å². The molecule has 7 nitrogen and oxygen atoms in total. The Kier molecular flexibility index (Phi) is 11.2. The van der Waals surface area contributed by atoms with Crippen LogP contribution in [0.3, 0.4) is 0 Å². The molecule has 3 aromatic rings. The van der Waals surface area contributed by atoms with Crippen molar-refractivity contribution in [2.75, 3.05) is 10.8 Å². The number of benzene rings is 3. The molecule has 10 heteroatoms. The SMILES string of the molecule is CC[C@@H](C(=O)NC1CCCCC1)N(Cc1c(Cl)cccc1Cl)C(=O)CN(c1ccccc1C)S(=O)(=O)c1ccc(C)cc1. The van der Waals surface area contributed by atoms with Gasteiger partial charge in [-0.3, -0.25) is 13.9 Å². The van der Waals surface area contributed by atoms with Gasteiger partial charge in [0.25, 0.3) is 10.0 Å². The molecule has 1 fully saturated rings. The van der Waals surface area contributed by atoms with E-state index in [2.05, 4.69) is 5.32 Å². The van der Waals surface area contributed by atoms with E-state index in [0.717, 1.165) is 42.0 Å². The third-order valence-electron chi connectivity index (χ3n) is 8.00. The van der Waals surface area contributed by atoms with Gasteiger partial charge in [-0.1, -0.05) is 91.3 Å². The van der Waals surface area contributed by atoms with E-state index in [1.165, 1.54) is 17.0 Å². The molecule has 0 aliphatic heterocycles. The molecule has 2 amide bonds. The van der Waals surface area contributed by atoms with Crippen LogP contribution in [0, 0.1) is 13.8 Å². The van der Waals surface area contributed by atoms with Gasteiger partial charge in [-0.2, -0.15) is 0 Å². The summed E-state index contributed by atoms with van der Waals surface area (Å²) in [5, 5.41) is 3.86. The minimum absolute atomic E-state index is 0.0431. The van der Waals surface area contributed by atoms with Gasteiger partial charge in [-0.05, 0) is 69.0 Å². The molecular formula is C33H39Cl2N3O4S. The van der Waals surface area contributed by atoms with Crippen molar-refractivity contribution in [1.29, 1.82) is 0 Å². The molecule has 0 bridgehead atoms. The molecule has 1 saturated carbocycles. The first-order valence-electron chi connectivity index (χ1n) is 14.7. The summed E-state index contributed by atoms with van der Waals surface area (Å²) in [6, 6.07) is 17.8. The average molecular weight is 645 g/mol.